The minimum atomic E-state index is -0.483. The van der Waals surface area contributed by atoms with Crippen molar-refractivity contribution in [3.63, 3.8) is 0 Å². The summed E-state index contributed by atoms with van der Waals surface area (Å²) in [7, 11) is 0. The van der Waals surface area contributed by atoms with E-state index in [0.717, 1.165) is 16.1 Å². The molecule has 0 fully saturated rings. The number of hydrogen-bond acceptors (Lipinski definition) is 3. The monoisotopic (exact) mass is 340 g/mol. The highest BCUT2D eigenvalue weighted by atomic mass is 35.5. The quantitative estimate of drug-likeness (QED) is 0.812. The van der Waals surface area contributed by atoms with E-state index in [1.807, 2.05) is 39.8 Å². The summed E-state index contributed by atoms with van der Waals surface area (Å²) in [5.41, 5.74) is 1.72. The Balaban J connectivity index is 2.52. The van der Waals surface area contributed by atoms with Crippen LogP contribution >= 0.6 is 11.6 Å². The van der Waals surface area contributed by atoms with Crippen LogP contribution in [0.1, 0.15) is 45.7 Å². The van der Waals surface area contributed by atoms with Crippen LogP contribution in [0.25, 0.3) is 0 Å². The zero-order valence-electron chi connectivity index (χ0n) is 15.0. The molecule has 1 rings (SSSR count). The van der Waals surface area contributed by atoms with Crippen LogP contribution in [0.2, 0.25) is 5.02 Å². The van der Waals surface area contributed by atoms with Gasteiger partial charge in [0.2, 0.25) is 0 Å². The van der Waals surface area contributed by atoms with Gasteiger partial charge in [0.05, 0.1) is 0 Å². The van der Waals surface area contributed by atoms with Gasteiger partial charge in [0.1, 0.15) is 5.60 Å². The van der Waals surface area contributed by atoms with Crippen LogP contribution in [0.15, 0.2) is 18.2 Å². The molecular weight excluding hydrogens is 312 g/mol. The van der Waals surface area contributed by atoms with Crippen LogP contribution in [0, 0.1) is 12.8 Å². The van der Waals surface area contributed by atoms with Gasteiger partial charge in [-0.3, -0.25) is 0 Å². The van der Waals surface area contributed by atoms with Gasteiger partial charge in [-0.2, -0.15) is 0 Å². The molecule has 0 heterocycles. The van der Waals surface area contributed by atoms with E-state index in [1.54, 1.807) is 0 Å². The minimum Gasteiger partial charge on any atom is -0.444 e. The molecule has 1 amide bonds. The van der Waals surface area contributed by atoms with Crippen molar-refractivity contribution in [3.05, 3.63) is 34.3 Å². The fraction of sp³-hybridized carbons (Fsp3) is 0.611. The van der Waals surface area contributed by atoms with E-state index in [0.29, 0.717) is 19.0 Å². The van der Waals surface area contributed by atoms with Crippen molar-refractivity contribution in [2.75, 3.05) is 6.54 Å². The Labute approximate surface area is 144 Å². The van der Waals surface area contributed by atoms with Gasteiger partial charge in [0, 0.05) is 24.2 Å². The molecule has 0 bridgehead atoms. The number of carbonyl (C=O) groups excluding carboxylic acids is 1. The number of carbonyl (C=O) groups is 1. The predicted molar refractivity (Wildman–Crippen MR) is 95.9 cm³/mol. The van der Waals surface area contributed by atoms with Gasteiger partial charge in [-0.05, 0) is 50.8 Å². The van der Waals surface area contributed by atoms with Crippen molar-refractivity contribution in [2.24, 2.45) is 5.92 Å². The van der Waals surface area contributed by atoms with Crippen molar-refractivity contribution in [3.8, 4) is 0 Å². The summed E-state index contributed by atoms with van der Waals surface area (Å²) in [4.78, 5) is 11.8. The van der Waals surface area contributed by atoms with Crippen molar-refractivity contribution in [1.29, 1.82) is 0 Å². The number of hydrogen-bond donors (Lipinski definition) is 2. The predicted octanol–water partition coefficient (Wildman–Crippen LogP) is 4.29. The maximum atomic E-state index is 11.8. The summed E-state index contributed by atoms with van der Waals surface area (Å²) >= 11 is 6.15. The van der Waals surface area contributed by atoms with Gasteiger partial charge in [-0.25, -0.2) is 4.79 Å². The fourth-order valence-electron chi connectivity index (χ4n) is 2.05. The van der Waals surface area contributed by atoms with Gasteiger partial charge in [0.25, 0.3) is 0 Å². The number of ether oxygens (including phenoxy) is 1. The second-order valence-electron chi connectivity index (χ2n) is 7.20. The second-order valence-corrected chi connectivity index (χ2v) is 7.60. The molecule has 0 saturated carbocycles. The summed E-state index contributed by atoms with van der Waals surface area (Å²) in [5.74, 6) is 0.380. The number of benzene rings is 1. The van der Waals surface area contributed by atoms with E-state index in [2.05, 4.69) is 30.5 Å². The van der Waals surface area contributed by atoms with Crippen molar-refractivity contribution >= 4 is 17.7 Å². The first-order valence-electron chi connectivity index (χ1n) is 8.04. The molecular formula is C18H29ClN2O2. The molecule has 130 valence electrons. The largest absolute Gasteiger partial charge is 0.444 e. The highest BCUT2D eigenvalue weighted by Gasteiger charge is 2.18. The third-order valence-electron chi connectivity index (χ3n) is 3.47. The molecule has 1 atom stereocenters. The van der Waals surface area contributed by atoms with Gasteiger partial charge >= 0.3 is 6.09 Å². The zero-order chi connectivity index (χ0) is 17.6. The average Bonchev–Trinajstić information content (AvgIpc) is 2.40. The molecule has 23 heavy (non-hydrogen) atoms. The molecule has 2 N–H and O–H groups in total. The smallest absolute Gasteiger partial charge is 0.407 e. The summed E-state index contributed by atoms with van der Waals surface area (Å²) in [5, 5.41) is 7.07. The molecule has 0 radical (unpaired) electrons. The Hall–Kier alpha value is -1.26. The number of nitrogens with one attached hydrogen (secondary N) is 2. The molecule has 0 spiro atoms. The van der Waals surface area contributed by atoms with Crippen molar-refractivity contribution in [2.45, 2.75) is 59.7 Å². The molecule has 0 aromatic heterocycles. The molecule has 1 aromatic carbocycles. The number of rotatable bonds is 6. The third-order valence-corrected chi connectivity index (χ3v) is 3.88. The lowest BCUT2D eigenvalue weighted by Crippen LogP contribution is -2.45. The molecule has 0 saturated heterocycles. The first-order chi connectivity index (χ1) is 10.6. The van der Waals surface area contributed by atoms with Crippen LogP contribution in [0.5, 0.6) is 0 Å². The molecule has 5 heteroatoms. The third kappa shape index (κ3) is 7.71. The van der Waals surface area contributed by atoms with Crippen LogP contribution in [-0.2, 0) is 11.3 Å². The number of alkyl carbamates (subject to hydrolysis) is 1. The minimum absolute atomic E-state index is 0.155. The number of halogens is 1. The maximum Gasteiger partial charge on any atom is 0.407 e. The van der Waals surface area contributed by atoms with Crippen LogP contribution in [0.4, 0.5) is 4.79 Å². The summed E-state index contributed by atoms with van der Waals surface area (Å²) in [6, 6.07) is 6.21. The normalized spacial score (nSPS) is 13.0. The topological polar surface area (TPSA) is 50.4 Å². The Bertz CT molecular complexity index is 524. The lowest BCUT2D eigenvalue weighted by molar-refractivity contribution is 0.0519. The average molecular weight is 341 g/mol. The SMILES string of the molecule is Cc1ccc(CNC(CNC(=O)OC(C)(C)C)C(C)C)cc1Cl. The van der Waals surface area contributed by atoms with E-state index < -0.39 is 5.60 Å². The Kier molecular flexibility index (Phi) is 7.36. The van der Waals surface area contributed by atoms with Gasteiger partial charge in [0.15, 0.2) is 0 Å². The van der Waals surface area contributed by atoms with E-state index in [9.17, 15) is 4.79 Å². The van der Waals surface area contributed by atoms with Crippen LogP contribution in [-0.4, -0.2) is 24.3 Å². The highest BCUT2D eigenvalue weighted by Crippen LogP contribution is 2.17. The first-order valence-corrected chi connectivity index (χ1v) is 8.41. The van der Waals surface area contributed by atoms with Crippen molar-refractivity contribution in [1.82, 2.24) is 10.6 Å². The number of amides is 1. The summed E-state index contributed by atoms with van der Waals surface area (Å²) in [6.45, 7) is 13.0. The summed E-state index contributed by atoms with van der Waals surface area (Å²) < 4.78 is 5.26. The lowest BCUT2D eigenvalue weighted by atomic mass is 10.0. The summed E-state index contributed by atoms with van der Waals surface area (Å²) in [6.07, 6.45) is -0.386. The van der Waals surface area contributed by atoms with Gasteiger partial charge < -0.3 is 15.4 Å². The second kappa shape index (κ2) is 8.55. The van der Waals surface area contributed by atoms with Gasteiger partial charge in [-0.15, -0.1) is 0 Å². The standard InChI is InChI=1S/C18H29ClN2O2/c1-12(2)16(11-21-17(22)23-18(4,5)6)20-10-14-8-7-13(3)15(19)9-14/h7-9,12,16,20H,10-11H2,1-6H3,(H,21,22). The number of aryl methyl sites for hydroxylation is 1. The van der Waals surface area contributed by atoms with Crippen LogP contribution < -0.4 is 10.6 Å². The van der Waals surface area contributed by atoms with Crippen LogP contribution in [0.3, 0.4) is 0 Å². The Morgan fingerprint density at radius 2 is 1.96 bits per heavy atom. The Morgan fingerprint density at radius 1 is 1.30 bits per heavy atom. The Morgan fingerprint density at radius 3 is 2.48 bits per heavy atom. The molecule has 0 aliphatic carbocycles. The molecule has 1 unspecified atom stereocenters. The van der Waals surface area contributed by atoms with E-state index in [-0.39, 0.29) is 12.1 Å². The molecule has 0 aliphatic rings. The van der Waals surface area contributed by atoms with Gasteiger partial charge in [-0.1, -0.05) is 37.6 Å². The fourth-order valence-corrected chi connectivity index (χ4v) is 2.25. The molecule has 0 aliphatic heterocycles. The van der Waals surface area contributed by atoms with E-state index in [1.165, 1.54) is 0 Å². The van der Waals surface area contributed by atoms with E-state index >= 15 is 0 Å². The lowest BCUT2D eigenvalue weighted by Gasteiger charge is -2.25. The van der Waals surface area contributed by atoms with E-state index in [4.69, 9.17) is 16.3 Å². The van der Waals surface area contributed by atoms with Crippen molar-refractivity contribution < 1.29 is 9.53 Å². The highest BCUT2D eigenvalue weighted by molar-refractivity contribution is 6.31. The first kappa shape index (κ1) is 19.8. The molecule has 4 nitrogen and oxygen atoms in total. The molecule has 1 aromatic rings. The zero-order valence-corrected chi connectivity index (χ0v) is 15.8. The maximum absolute atomic E-state index is 11.8.